The Morgan fingerprint density at radius 1 is 1.47 bits per heavy atom. The summed E-state index contributed by atoms with van der Waals surface area (Å²) < 4.78 is 0. The fourth-order valence-corrected chi connectivity index (χ4v) is 1.19. The third-order valence-electron chi connectivity index (χ3n) is 1.93. The highest BCUT2D eigenvalue weighted by Gasteiger charge is 2.07. The summed E-state index contributed by atoms with van der Waals surface area (Å²) in [5, 5.41) is 11.3. The average molecular weight is 208 g/mol. The highest BCUT2D eigenvalue weighted by atomic mass is 16.4. The molecule has 0 radical (unpaired) electrons. The van der Waals surface area contributed by atoms with Crippen LogP contribution in [0.25, 0.3) is 0 Å². The summed E-state index contributed by atoms with van der Waals surface area (Å²) in [7, 11) is 0. The van der Waals surface area contributed by atoms with E-state index in [0.29, 0.717) is 11.3 Å². The van der Waals surface area contributed by atoms with Gasteiger partial charge in [0, 0.05) is 5.69 Å². The zero-order chi connectivity index (χ0) is 11.4. The Morgan fingerprint density at radius 2 is 2.13 bits per heavy atom. The van der Waals surface area contributed by atoms with E-state index in [1.807, 2.05) is 0 Å². The van der Waals surface area contributed by atoms with Crippen LogP contribution in [0.15, 0.2) is 18.2 Å². The standard InChI is InChI=1S/C10H12N2O3/c1-6-4-7(12-9(13)5-11)2-3-8(6)10(14)15/h2-4H,5,11H2,1H3,(H,12,13)(H,14,15). The molecular formula is C10H12N2O3. The molecule has 1 amide bonds. The van der Waals surface area contributed by atoms with Gasteiger partial charge < -0.3 is 16.2 Å². The van der Waals surface area contributed by atoms with Crippen molar-refractivity contribution in [3.63, 3.8) is 0 Å². The van der Waals surface area contributed by atoms with Gasteiger partial charge in [-0.2, -0.15) is 0 Å². The first kappa shape index (κ1) is 11.2. The summed E-state index contributed by atoms with van der Waals surface area (Å²) in [6.45, 7) is 1.57. The van der Waals surface area contributed by atoms with Crippen LogP contribution in [0.4, 0.5) is 5.69 Å². The second kappa shape index (κ2) is 4.56. The lowest BCUT2D eigenvalue weighted by atomic mass is 10.1. The van der Waals surface area contributed by atoms with E-state index in [1.54, 1.807) is 13.0 Å². The zero-order valence-electron chi connectivity index (χ0n) is 8.28. The molecule has 0 aromatic heterocycles. The van der Waals surface area contributed by atoms with Crippen LogP contribution in [0.1, 0.15) is 15.9 Å². The quantitative estimate of drug-likeness (QED) is 0.677. The van der Waals surface area contributed by atoms with Crippen LogP contribution in [-0.4, -0.2) is 23.5 Å². The molecule has 0 spiro atoms. The number of carboxylic acid groups (broad SMARTS) is 1. The van der Waals surface area contributed by atoms with Crippen molar-refractivity contribution >= 4 is 17.6 Å². The number of anilines is 1. The highest BCUT2D eigenvalue weighted by molar-refractivity contribution is 5.94. The lowest BCUT2D eigenvalue weighted by molar-refractivity contribution is -0.114. The number of carbonyl (C=O) groups is 2. The number of amides is 1. The van der Waals surface area contributed by atoms with Gasteiger partial charge in [0.1, 0.15) is 0 Å². The number of benzene rings is 1. The lowest BCUT2D eigenvalue weighted by Crippen LogP contribution is -2.21. The van der Waals surface area contributed by atoms with Crippen molar-refractivity contribution in [2.75, 3.05) is 11.9 Å². The average Bonchev–Trinajstić information content (AvgIpc) is 2.17. The molecule has 0 atom stereocenters. The van der Waals surface area contributed by atoms with E-state index < -0.39 is 5.97 Å². The van der Waals surface area contributed by atoms with Gasteiger partial charge in [0.05, 0.1) is 12.1 Å². The van der Waals surface area contributed by atoms with Crippen LogP contribution >= 0.6 is 0 Å². The Labute approximate surface area is 86.9 Å². The molecule has 0 bridgehead atoms. The van der Waals surface area contributed by atoms with Crippen molar-refractivity contribution < 1.29 is 14.7 Å². The van der Waals surface area contributed by atoms with E-state index in [-0.39, 0.29) is 18.0 Å². The van der Waals surface area contributed by atoms with Crippen molar-refractivity contribution in [2.45, 2.75) is 6.92 Å². The molecule has 5 heteroatoms. The van der Waals surface area contributed by atoms with Gasteiger partial charge in [0.25, 0.3) is 0 Å². The highest BCUT2D eigenvalue weighted by Crippen LogP contribution is 2.14. The van der Waals surface area contributed by atoms with E-state index in [9.17, 15) is 9.59 Å². The van der Waals surface area contributed by atoms with Crippen molar-refractivity contribution in [2.24, 2.45) is 5.73 Å². The first-order valence-electron chi connectivity index (χ1n) is 4.38. The van der Waals surface area contributed by atoms with Crippen molar-refractivity contribution in [3.8, 4) is 0 Å². The molecule has 0 aliphatic carbocycles. The van der Waals surface area contributed by atoms with Gasteiger partial charge in [-0.3, -0.25) is 4.79 Å². The number of hydrogen-bond acceptors (Lipinski definition) is 3. The van der Waals surface area contributed by atoms with Crippen molar-refractivity contribution in [1.29, 1.82) is 0 Å². The Kier molecular flexibility index (Phi) is 3.41. The van der Waals surface area contributed by atoms with Gasteiger partial charge in [0.2, 0.25) is 5.91 Å². The molecule has 0 fully saturated rings. The molecule has 1 rings (SSSR count). The first-order chi connectivity index (χ1) is 7.04. The SMILES string of the molecule is Cc1cc(NC(=O)CN)ccc1C(=O)O. The normalized spacial score (nSPS) is 9.73. The van der Waals surface area contributed by atoms with E-state index in [4.69, 9.17) is 10.8 Å². The largest absolute Gasteiger partial charge is 0.478 e. The number of rotatable bonds is 3. The summed E-state index contributed by atoms with van der Waals surface area (Å²) in [5.41, 5.74) is 6.50. The van der Waals surface area contributed by atoms with E-state index in [2.05, 4.69) is 5.32 Å². The predicted molar refractivity (Wildman–Crippen MR) is 55.8 cm³/mol. The van der Waals surface area contributed by atoms with Gasteiger partial charge >= 0.3 is 5.97 Å². The van der Waals surface area contributed by atoms with Crippen molar-refractivity contribution in [3.05, 3.63) is 29.3 Å². The van der Waals surface area contributed by atoms with E-state index in [0.717, 1.165) is 0 Å². The molecular weight excluding hydrogens is 196 g/mol. The molecule has 1 aromatic carbocycles. The maximum Gasteiger partial charge on any atom is 0.335 e. The second-order valence-electron chi connectivity index (χ2n) is 3.09. The molecule has 0 saturated carbocycles. The molecule has 1 aromatic rings. The van der Waals surface area contributed by atoms with Crippen LogP contribution in [0.2, 0.25) is 0 Å². The Balaban J connectivity index is 2.91. The molecule has 0 aliphatic heterocycles. The van der Waals surface area contributed by atoms with Crippen LogP contribution < -0.4 is 11.1 Å². The minimum Gasteiger partial charge on any atom is -0.478 e. The first-order valence-corrected chi connectivity index (χ1v) is 4.38. The number of carbonyl (C=O) groups excluding carboxylic acids is 1. The summed E-state index contributed by atoms with van der Waals surface area (Å²) in [4.78, 5) is 21.7. The summed E-state index contributed by atoms with van der Waals surface area (Å²) >= 11 is 0. The third kappa shape index (κ3) is 2.78. The topological polar surface area (TPSA) is 92.4 Å². The number of aryl methyl sites for hydroxylation is 1. The second-order valence-corrected chi connectivity index (χ2v) is 3.09. The molecule has 5 nitrogen and oxygen atoms in total. The number of carboxylic acids is 1. The molecule has 15 heavy (non-hydrogen) atoms. The van der Waals surface area contributed by atoms with Gasteiger partial charge in [-0.25, -0.2) is 4.79 Å². The van der Waals surface area contributed by atoms with Gasteiger partial charge in [-0.1, -0.05) is 0 Å². The monoisotopic (exact) mass is 208 g/mol. The molecule has 0 aliphatic rings. The smallest absolute Gasteiger partial charge is 0.335 e. The summed E-state index contributed by atoms with van der Waals surface area (Å²) in [6.07, 6.45) is 0. The number of nitrogens with one attached hydrogen (secondary N) is 1. The Hall–Kier alpha value is -1.88. The molecule has 0 unspecified atom stereocenters. The third-order valence-corrected chi connectivity index (χ3v) is 1.93. The molecule has 0 heterocycles. The zero-order valence-corrected chi connectivity index (χ0v) is 8.28. The fourth-order valence-electron chi connectivity index (χ4n) is 1.19. The van der Waals surface area contributed by atoms with E-state index in [1.165, 1.54) is 12.1 Å². The Bertz CT molecular complexity index is 402. The summed E-state index contributed by atoms with van der Waals surface area (Å²) in [5.74, 6) is -1.29. The van der Waals surface area contributed by atoms with E-state index >= 15 is 0 Å². The minimum absolute atomic E-state index is 0.0975. The van der Waals surface area contributed by atoms with Crippen LogP contribution in [-0.2, 0) is 4.79 Å². The molecule has 80 valence electrons. The van der Waals surface area contributed by atoms with Gasteiger partial charge in [-0.05, 0) is 30.7 Å². The fraction of sp³-hybridized carbons (Fsp3) is 0.200. The molecule has 4 N–H and O–H groups in total. The lowest BCUT2D eigenvalue weighted by Gasteiger charge is -2.06. The van der Waals surface area contributed by atoms with Gasteiger partial charge in [0.15, 0.2) is 0 Å². The number of aromatic carboxylic acids is 1. The van der Waals surface area contributed by atoms with Crippen LogP contribution in [0, 0.1) is 6.92 Å². The Morgan fingerprint density at radius 3 is 2.60 bits per heavy atom. The maximum absolute atomic E-state index is 11.0. The van der Waals surface area contributed by atoms with Crippen molar-refractivity contribution in [1.82, 2.24) is 0 Å². The van der Waals surface area contributed by atoms with Gasteiger partial charge in [-0.15, -0.1) is 0 Å². The summed E-state index contributed by atoms with van der Waals surface area (Å²) in [6, 6.07) is 4.57. The molecule has 0 saturated heterocycles. The predicted octanol–water partition coefficient (Wildman–Crippen LogP) is 0.590. The van der Waals surface area contributed by atoms with Crippen LogP contribution in [0.5, 0.6) is 0 Å². The van der Waals surface area contributed by atoms with Crippen LogP contribution in [0.3, 0.4) is 0 Å². The minimum atomic E-state index is -0.982. The number of nitrogens with two attached hydrogens (primary N) is 1. The number of hydrogen-bond donors (Lipinski definition) is 3. The maximum atomic E-state index is 11.0.